The topological polar surface area (TPSA) is 113 Å². The van der Waals surface area contributed by atoms with E-state index in [1.54, 1.807) is 36.4 Å². The maximum Gasteiger partial charge on any atom is 0.311 e. The number of aromatic nitrogens is 2. The number of fused-ring (bicyclic) bond motifs is 3. The first kappa shape index (κ1) is 27.2. The first-order valence-corrected chi connectivity index (χ1v) is 14.4. The normalized spacial score (nSPS) is 11.6. The molecule has 0 N–H and O–H groups in total. The predicted octanol–water partition coefficient (Wildman–Crippen LogP) is 8.09. The Bertz CT molecular complexity index is 2320. The molecule has 5 aromatic carbocycles. The van der Waals surface area contributed by atoms with Crippen LogP contribution < -0.4 is 10.3 Å². The minimum atomic E-state index is -0.502. The molecule has 0 spiro atoms. The predicted molar refractivity (Wildman–Crippen MR) is 173 cm³/mol. The van der Waals surface area contributed by atoms with Crippen LogP contribution in [0.15, 0.2) is 128 Å². The van der Waals surface area contributed by atoms with Crippen LogP contribution in [0.5, 0.6) is 5.75 Å². The molecule has 2 heterocycles. The van der Waals surface area contributed by atoms with Gasteiger partial charge in [-0.3, -0.25) is 14.9 Å². The molecule has 0 saturated carbocycles. The quantitative estimate of drug-likeness (QED) is 0.0984. The Kier molecular flexibility index (Phi) is 6.95. The molecule has 0 bridgehead atoms. The minimum absolute atomic E-state index is 0.124. The Hall–Kier alpha value is -5.61. The summed E-state index contributed by atoms with van der Waals surface area (Å²) in [6.07, 6.45) is 1.38. The lowest BCUT2D eigenvalue weighted by Crippen LogP contribution is -2.20. The van der Waals surface area contributed by atoms with E-state index in [0.29, 0.717) is 27.8 Å². The van der Waals surface area contributed by atoms with Gasteiger partial charge in [-0.15, -0.1) is 0 Å². The summed E-state index contributed by atoms with van der Waals surface area (Å²) >= 11 is 3.47. The fourth-order valence-corrected chi connectivity index (χ4v) is 5.47. The van der Waals surface area contributed by atoms with Gasteiger partial charge < -0.3 is 9.15 Å². The second kappa shape index (κ2) is 11.2. The fraction of sp³-hybridized carbons (Fsp3) is 0.0294. The molecule has 0 atom stereocenters. The van der Waals surface area contributed by atoms with Crippen molar-refractivity contribution >= 4 is 60.5 Å². The molecule has 44 heavy (non-hydrogen) atoms. The first-order chi connectivity index (χ1) is 21.4. The van der Waals surface area contributed by atoms with Crippen molar-refractivity contribution in [3.05, 3.63) is 145 Å². The molecule has 10 heteroatoms. The second-order valence-corrected chi connectivity index (χ2v) is 10.9. The second-order valence-electron chi connectivity index (χ2n) is 10.0. The number of nitro benzene ring substituents is 1. The molecule has 0 fully saturated rings. The number of nitro groups is 1. The van der Waals surface area contributed by atoms with E-state index >= 15 is 0 Å². The molecular weight excluding hydrogens is 624 g/mol. The summed E-state index contributed by atoms with van der Waals surface area (Å²) in [7, 11) is 0. The van der Waals surface area contributed by atoms with Gasteiger partial charge in [0.15, 0.2) is 11.5 Å². The zero-order chi connectivity index (χ0) is 30.2. The molecule has 9 nitrogen and oxygen atoms in total. The molecule has 0 saturated heterocycles. The largest absolute Gasteiger partial charge is 0.482 e. The van der Waals surface area contributed by atoms with E-state index in [1.807, 2.05) is 60.7 Å². The van der Waals surface area contributed by atoms with Gasteiger partial charge in [-0.05, 0) is 64.9 Å². The SMILES string of the molecule is O=c1c2ccccc2nc(-c2cc3cc(Br)ccc3o2)n1N=Cc1ccc(OCc2cccc3ccccc23)c([N+](=O)[O-])c1. The van der Waals surface area contributed by atoms with Crippen LogP contribution in [0, 0.1) is 10.1 Å². The number of hydrogen-bond donors (Lipinski definition) is 0. The van der Waals surface area contributed by atoms with Crippen molar-refractivity contribution in [3.8, 4) is 17.3 Å². The summed E-state index contributed by atoms with van der Waals surface area (Å²) in [6, 6.07) is 32.6. The maximum atomic E-state index is 13.6. The zero-order valence-electron chi connectivity index (χ0n) is 22.9. The molecule has 0 aliphatic carbocycles. The third-order valence-electron chi connectivity index (χ3n) is 7.22. The van der Waals surface area contributed by atoms with Gasteiger partial charge in [-0.25, -0.2) is 4.98 Å². The first-order valence-electron chi connectivity index (χ1n) is 13.6. The molecule has 214 valence electrons. The zero-order valence-corrected chi connectivity index (χ0v) is 24.5. The van der Waals surface area contributed by atoms with Crippen molar-refractivity contribution in [1.29, 1.82) is 0 Å². The summed E-state index contributed by atoms with van der Waals surface area (Å²) in [4.78, 5) is 29.8. The van der Waals surface area contributed by atoms with Crippen LogP contribution in [0.2, 0.25) is 0 Å². The van der Waals surface area contributed by atoms with Gasteiger partial charge in [-0.1, -0.05) is 70.5 Å². The van der Waals surface area contributed by atoms with Crippen LogP contribution in [-0.4, -0.2) is 20.8 Å². The van der Waals surface area contributed by atoms with E-state index in [2.05, 4.69) is 26.0 Å². The number of nitrogens with zero attached hydrogens (tertiary/aromatic N) is 4. The smallest absolute Gasteiger partial charge is 0.311 e. The van der Waals surface area contributed by atoms with Crippen LogP contribution in [0.1, 0.15) is 11.1 Å². The summed E-state index contributed by atoms with van der Waals surface area (Å²) in [5, 5.41) is 19.7. The Morgan fingerprint density at radius 1 is 0.909 bits per heavy atom. The summed E-state index contributed by atoms with van der Waals surface area (Å²) < 4.78 is 14.0. The van der Waals surface area contributed by atoms with Gasteiger partial charge in [0.2, 0.25) is 5.82 Å². The number of benzene rings is 5. The number of ether oxygens (including phenoxy) is 1. The van der Waals surface area contributed by atoms with E-state index in [0.717, 1.165) is 30.9 Å². The van der Waals surface area contributed by atoms with Crippen LogP contribution in [0.3, 0.4) is 0 Å². The van der Waals surface area contributed by atoms with E-state index in [9.17, 15) is 14.9 Å². The Balaban J connectivity index is 1.25. The molecule has 2 aromatic heterocycles. The van der Waals surface area contributed by atoms with Crippen molar-refractivity contribution in [1.82, 2.24) is 9.66 Å². The minimum Gasteiger partial charge on any atom is -0.482 e. The summed E-state index contributed by atoms with van der Waals surface area (Å²) in [5.41, 5.74) is 1.79. The van der Waals surface area contributed by atoms with E-state index in [1.165, 1.54) is 18.3 Å². The third kappa shape index (κ3) is 5.12. The van der Waals surface area contributed by atoms with Crippen molar-refractivity contribution in [2.75, 3.05) is 0 Å². The molecule has 0 aliphatic heterocycles. The number of halogens is 1. The number of rotatable bonds is 7. The number of hydrogen-bond acceptors (Lipinski definition) is 7. The average molecular weight is 645 g/mol. The number of para-hydroxylation sites is 1. The summed E-state index contributed by atoms with van der Waals surface area (Å²) in [5.74, 6) is 0.668. The Labute approximate surface area is 257 Å². The van der Waals surface area contributed by atoms with Gasteiger partial charge in [0, 0.05) is 21.5 Å². The lowest BCUT2D eigenvalue weighted by molar-refractivity contribution is -0.385. The van der Waals surface area contributed by atoms with Crippen LogP contribution in [0.4, 0.5) is 5.69 Å². The van der Waals surface area contributed by atoms with E-state index in [4.69, 9.17) is 9.15 Å². The van der Waals surface area contributed by atoms with Gasteiger partial charge in [0.25, 0.3) is 5.56 Å². The monoisotopic (exact) mass is 644 g/mol. The highest BCUT2D eigenvalue weighted by Crippen LogP contribution is 2.31. The lowest BCUT2D eigenvalue weighted by Gasteiger charge is -2.10. The third-order valence-corrected chi connectivity index (χ3v) is 7.71. The van der Waals surface area contributed by atoms with Crippen LogP contribution in [0.25, 0.3) is 44.2 Å². The molecule has 7 aromatic rings. The van der Waals surface area contributed by atoms with E-state index in [-0.39, 0.29) is 23.9 Å². The van der Waals surface area contributed by atoms with Crippen molar-refractivity contribution in [2.45, 2.75) is 6.61 Å². The average Bonchev–Trinajstić information content (AvgIpc) is 3.46. The van der Waals surface area contributed by atoms with Gasteiger partial charge in [-0.2, -0.15) is 9.78 Å². The van der Waals surface area contributed by atoms with Crippen LogP contribution >= 0.6 is 15.9 Å². The van der Waals surface area contributed by atoms with Crippen molar-refractivity contribution < 1.29 is 14.1 Å². The van der Waals surface area contributed by atoms with Gasteiger partial charge >= 0.3 is 5.69 Å². The standard InChI is InChI=1S/C34H21BrN4O5/c35-25-13-15-30-24(17-25)18-32(44-30)33-37-28-11-4-3-10-27(28)34(40)38(33)36-19-21-12-14-31(29(16-21)39(41)42)43-20-23-8-5-7-22-6-1-2-9-26(22)23/h1-19H,20H2. The van der Waals surface area contributed by atoms with Gasteiger partial charge in [0.05, 0.1) is 22.0 Å². The Morgan fingerprint density at radius 3 is 2.57 bits per heavy atom. The highest BCUT2D eigenvalue weighted by atomic mass is 79.9. The molecule has 0 unspecified atom stereocenters. The number of furan rings is 1. The molecular formula is C34H21BrN4O5. The fourth-order valence-electron chi connectivity index (χ4n) is 5.09. The van der Waals surface area contributed by atoms with Gasteiger partial charge in [0.1, 0.15) is 12.2 Å². The highest BCUT2D eigenvalue weighted by Gasteiger charge is 2.19. The molecule has 0 radical (unpaired) electrons. The van der Waals surface area contributed by atoms with Crippen molar-refractivity contribution in [3.63, 3.8) is 0 Å². The molecule has 0 amide bonds. The van der Waals surface area contributed by atoms with Crippen molar-refractivity contribution in [2.24, 2.45) is 5.10 Å². The molecule has 0 aliphatic rings. The molecule has 7 rings (SSSR count). The Morgan fingerprint density at radius 2 is 1.70 bits per heavy atom. The highest BCUT2D eigenvalue weighted by molar-refractivity contribution is 9.10. The lowest BCUT2D eigenvalue weighted by atomic mass is 10.1. The van der Waals surface area contributed by atoms with Crippen LogP contribution in [-0.2, 0) is 6.61 Å². The maximum absolute atomic E-state index is 13.6. The van der Waals surface area contributed by atoms with E-state index < -0.39 is 10.5 Å². The summed E-state index contributed by atoms with van der Waals surface area (Å²) in [6.45, 7) is 0.158.